The maximum absolute atomic E-state index is 13.6. The van der Waals surface area contributed by atoms with E-state index in [4.69, 9.17) is 9.47 Å². The second-order valence-corrected chi connectivity index (χ2v) is 4.96. The van der Waals surface area contributed by atoms with Gasteiger partial charge >= 0.3 is 0 Å². The van der Waals surface area contributed by atoms with Crippen molar-refractivity contribution >= 4 is 5.91 Å². The topological polar surface area (TPSA) is 38.8 Å². The fraction of sp³-hybridized carbons (Fsp3) is 0.235. The van der Waals surface area contributed by atoms with E-state index >= 15 is 0 Å². The Hall–Kier alpha value is -2.63. The van der Waals surface area contributed by atoms with E-state index in [0.717, 1.165) is 0 Å². The lowest BCUT2D eigenvalue weighted by Gasteiger charge is -2.18. The Morgan fingerprint density at radius 2 is 1.83 bits per heavy atom. The number of hydrogen-bond acceptors (Lipinski definition) is 3. The van der Waals surface area contributed by atoms with E-state index in [1.54, 1.807) is 13.1 Å². The van der Waals surface area contributed by atoms with Gasteiger partial charge in [-0.15, -0.1) is 0 Å². The van der Waals surface area contributed by atoms with Gasteiger partial charge in [-0.1, -0.05) is 6.07 Å². The van der Waals surface area contributed by atoms with E-state index < -0.39 is 5.82 Å². The predicted molar refractivity (Wildman–Crippen MR) is 81.3 cm³/mol. The zero-order chi connectivity index (χ0) is 16.8. The predicted octanol–water partition coefficient (Wildman–Crippen LogP) is 3.01. The molecule has 0 unspecified atom stereocenters. The maximum Gasteiger partial charge on any atom is 0.260 e. The van der Waals surface area contributed by atoms with Crippen LogP contribution in [-0.2, 0) is 11.3 Å². The largest absolute Gasteiger partial charge is 0.494 e. The standard InChI is InChI=1S/C17H17F2NO3/c1-20(10-12-3-8-16(22-2)15(19)9-12)17(21)11-23-14-6-4-13(18)5-7-14/h3-9H,10-11H2,1-2H3. The molecule has 0 aliphatic carbocycles. The molecule has 23 heavy (non-hydrogen) atoms. The van der Waals surface area contributed by atoms with Crippen LogP contribution in [0.5, 0.6) is 11.5 Å². The minimum atomic E-state index is -0.478. The highest BCUT2D eigenvalue weighted by Crippen LogP contribution is 2.18. The number of halogens is 2. The van der Waals surface area contributed by atoms with Crippen LogP contribution in [0.4, 0.5) is 8.78 Å². The lowest BCUT2D eigenvalue weighted by Crippen LogP contribution is -2.31. The summed E-state index contributed by atoms with van der Waals surface area (Å²) in [5.41, 5.74) is 0.640. The number of rotatable bonds is 6. The Labute approximate surface area is 133 Å². The molecule has 2 aromatic carbocycles. The van der Waals surface area contributed by atoms with Gasteiger partial charge in [0.1, 0.15) is 11.6 Å². The van der Waals surface area contributed by atoms with Gasteiger partial charge in [-0.25, -0.2) is 8.78 Å². The molecule has 0 radical (unpaired) electrons. The number of carbonyl (C=O) groups excluding carboxylic acids is 1. The van der Waals surface area contributed by atoms with Gasteiger partial charge in [0.15, 0.2) is 18.2 Å². The lowest BCUT2D eigenvalue weighted by atomic mass is 10.2. The molecule has 2 rings (SSSR count). The molecule has 4 nitrogen and oxygen atoms in total. The molecule has 0 spiro atoms. The summed E-state index contributed by atoms with van der Waals surface area (Å²) < 4.78 is 36.5. The number of ether oxygens (including phenoxy) is 2. The van der Waals surface area contributed by atoms with Crippen molar-refractivity contribution in [2.45, 2.75) is 6.54 Å². The van der Waals surface area contributed by atoms with Gasteiger partial charge in [0, 0.05) is 13.6 Å². The molecule has 0 heterocycles. The zero-order valence-corrected chi connectivity index (χ0v) is 12.9. The molecular formula is C17H17F2NO3. The van der Waals surface area contributed by atoms with Crippen LogP contribution in [0.25, 0.3) is 0 Å². The summed E-state index contributed by atoms with van der Waals surface area (Å²) in [5, 5.41) is 0. The molecule has 0 N–H and O–H groups in total. The third-order valence-electron chi connectivity index (χ3n) is 3.24. The van der Waals surface area contributed by atoms with Crippen LogP contribution in [0.1, 0.15) is 5.56 Å². The number of likely N-dealkylation sites (N-methyl/N-ethyl adjacent to an activating group) is 1. The van der Waals surface area contributed by atoms with Crippen molar-refractivity contribution in [2.24, 2.45) is 0 Å². The first-order valence-corrected chi connectivity index (χ1v) is 6.94. The Morgan fingerprint density at radius 3 is 2.43 bits per heavy atom. The molecule has 0 saturated heterocycles. The molecule has 0 atom stereocenters. The fourth-order valence-corrected chi connectivity index (χ4v) is 1.96. The van der Waals surface area contributed by atoms with Crippen LogP contribution >= 0.6 is 0 Å². The highest BCUT2D eigenvalue weighted by atomic mass is 19.1. The smallest absolute Gasteiger partial charge is 0.260 e. The molecule has 0 saturated carbocycles. The van der Waals surface area contributed by atoms with E-state index in [1.807, 2.05) is 0 Å². The summed E-state index contributed by atoms with van der Waals surface area (Å²) >= 11 is 0. The lowest BCUT2D eigenvalue weighted by molar-refractivity contribution is -0.132. The van der Waals surface area contributed by atoms with Crippen LogP contribution in [0.2, 0.25) is 0 Å². The second kappa shape index (κ2) is 7.58. The third kappa shape index (κ3) is 4.67. The van der Waals surface area contributed by atoms with E-state index in [2.05, 4.69) is 0 Å². The van der Waals surface area contributed by atoms with Gasteiger partial charge in [0.25, 0.3) is 5.91 Å². The number of amides is 1. The SMILES string of the molecule is COc1ccc(CN(C)C(=O)COc2ccc(F)cc2)cc1F. The molecule has 1 amide bonds. The number of methoxy groups -OCH3 is 1. The van der Waals surface area contributed by atoms with Gasteiger partial charge in [-0.3, -0.25) is 4.79 Å². The number of carbonyl (C=O) groups is 1. The average molecular weight is 321 g/mol. The Bertz CT molecular complexity index is 674. The first-order chi connectivity index (χ1) is 11.0. The number of nitrogens with zero attached hydrogens (tertiary/aromatic N) is 1. The van der Waals surface area contributed by atoms with Crippen LogP contribution in [0, 0.1) is 11.6 Å². The molecular weight excluding hydrogens is 304 g/mol. The van der Waals surface area contributed by atoms with Crippen molar-refractivity contribution in [3.63, 3.8) is 0 Å². The monoisotopic (exact) mass is 321 g/mol. The molecule has 0 bridgehead atoms. The van der Waals surface area contributed by atoms with Gasteiger partial charge < -0.3 is 14.4 Å². The van der Waals surface area contributed by atoms with Crippen molar-refractivity contribution in [1.82, 2.24) is 4.90 Å². The van der Waals surface area contributed by atoms with E-state index in [-0.39, 0.29) is 30.6 Å². The second-order valence-electron chi connectivity index (χ2n) is 4.96. The van der Waals surface area contributed by atoms with E-state index in [1.165, 1.54) is 48.4 Å². The van der Waals surface area contributed by atoms with Gasteiger partial charge in [0.05, 0.1) is 7.11 Å². The van der Waals surface area contributed by atoms with Crippen LogP contribution in [-0.4, -0.2) is 31.6 Å². The summed E-state index contributed by atoms with van der Waals surface area (Å²) in [6.07, 6.45) is 0. The van der Waals surface area contributed by atoms with Crippen molar-refractivity contribution in [2.75, 3.05) is 20.8 Å². The molecule has 0 fully saturated rings. The van der Waals surface area contributed by atoms with E-state index in [9.17, 15) is 13.6 Å². The quantitative estimate of drug-likeness (QED) is 0.821. The fourth-order valence-electron chi connectivity index (χ4n) is 1.96. The highest BCUT2D eigenvalue weighted by Gasteiger charge is 2.12. The van der Waals surface area contributed by atoms with E-state index in [0.29, 0.717) is 11.3 Å². The third-order valence-corrected chi connectivity index (χ3v) is 3.24. The molecule has 0 aliphatic rings. The summed E-state index contributed by atoms with van der Waals surface area (Å²) in [6.45, 7) is 0.0628. The Kier molecular flexibility index (Phi) is 5.51. The normalized spacial score (nSPS) is 10.3. The minimum absolute atomic E-state index is 0.155. The first kappa shape index (κ1) is 16.7. The summed E-state index contributed by atoms with van der Waals surface area (Å²) in [6, 6.07) is 9.92. The van der Waals surface area contributed by atoms with Gasteiger partial charge in [0.2, 0.25) is 0 Å². The first-order valence-electron chi connectivity index (χ1n) is 6.94. The summed E-state index contributed by atoms with van der Waals surface area (Å²) in [4.78, 5) is 13.4. The van der Waals surface area contributed by atoms with Crippen molar-refractivity contribution < 1.29 is 23.0 Å². The highest BCUT2D eigenvalue weighted by molar-refractivity contribution is 5.77. The molecule has 2 aromatic rings. The van der Waals surface area contributed by atoms with Crippen molar-refractivity contribution in [3.05, 3.63) is 59.7 Å². The average Bonchev–Trinajstić information content (AvgIpc) is 2.54. The maximum atomic E-state index is 13.6. The van der Waals surface area contributed by atoms with Crippen molar-refractivity contribution in [1.29, 1.82) is 0 Å². The number of hydrogen-bond donors (Lipinski definition) is 0. The molecule has 6 heteroatoms. The molecule has 0 aromatic heterocycles. The summed E-state index contributed by atoms with van der Waals surface area (Å²) in [7, 11) is 2.99. The Morgan fingerprint density at radius 1 is 1.13 bits per heavy atom. The van der Waals surface area contributed by atoms with Gasteiger partial charge in [-0.2, -0.15) is 0 Å². The molecule has 0 aliphatic heterocycles. The zero-order valence-electron chi connectivity index (χ0n) is 12.9. The minimum Gasteiger partial charge on any atom is -0.494 e. The molecule has 122 valence electrons. The van der Waals surface area contributed by atoms with Crippen LogP contribution in [0.15, 0.2) is 42.5 Å². The van der Waals surface area contributed by atoms with Crippen LogP contribution < -0.4 is 9.47 Å². The Balaban J connectivity index is 1.89. The number of benzene rings is 2. The van der Waals surface area contributed by atoms with Crippen LogP contribution in [0.3, 0.4) is 0 Å². The van der Waals surface area contributed by atoms with Gasteiger partial charge in [-0.05, 0) is 42.0 Å². The van der Waals surface area contributed by atoms with Crippen molar-refractivity contribution in [3.8, 4) is 11.5 Å². The summed E-state index contributed by atoms with van der Waals surface area (Å²) in [5.74, 6) is -0.563.